The minimum atomic E-state index is -0.675. The molecule has 1 aliphatic rings. The second-order valence-corrected chi connectivity index (χ2v) is 8.58. The summed E-state index contributed by atoms with van der Waals surface area (Å²) in [7, 11) is 5.54. The van der Waals surface area contributed by atoms with Crippen molar-refractivity contribution in [1.29, 1.82) is 0 Å². The lowest BCUT2D eigenvalue weighted by Gasteiger charge is -2.27. The van der Waals surface area contributed by atoms with Gasteiger partial charge < -0.3 is 19.6 Å². The Morgan fingerprint density at radius 2 is 2.07 bits per heavy atom. The number of rotatable bonds is 7. The molecular formula is C21H26N3O4S+. The van der Waals surface area contributed by atoms with E-state index in [1.807, 2.05) is 33.2 Å². The SMILES string of the molecule is COc1cccc([C@@H]2C(C(=O)c3sc(C)nc3C)=C(O)C(=O)N2CC[NH+](C)C)c1. The van der Waals surface area contributed by atoms with Gasteiger partial charge in [-0.1, -0.05) is 12.1 Å². The van der Waals surface area contributed by atoms with Gasteiger partial charge in [0.2, 0.25) is 5.78 Å². The van der Waals surface area contributed by atoms with Gasteiger partial charge in [0.25, 0.3) is 5.91 Å². The summed E-state index contributed by atoms with van der Waals surface area (Å²) in [5.41, 5.74) is 1.42. The zero-order chi connectivity index (χ0) is 21.3. The molecule has 8 heteroatoms. The predicted molar refractivity (Wildman–Crippen MR) is 111 cm³/mol. The summed E-state index contributed by atoms with van der Waals surface area (Å²) in [5, 5.41) is 11.5. The number of aliphatic hydroxyl groups is 1. The van der Waals surface area contributed by atoms with Gasteiger partial charge in [0.1, 0.15) is 5.75 Å². The van der Waals surface area contributed by atoms with E-state index >= 15 is 0 Å². The summed E-state index contributed by atoms with van der Waals surface area (Å²) in [6.45, 7) is 4.68. The molecule has 2 N–H and O–H groups in total. The summed E-state index contributed by atoms with van der Waals surface area (Å²) < 4.78 is 5.33. The molecule has 1 aromatic carbocycles. The molecule has 0 aliphatic carbocycles. The van der Waals surface area contributed by atoms with Crippen LogP contribution in [0.1, 0.15) is 32.0 Å². The van der Waals surface area contributed by atoms with Crippen molar-refractivity contribution >= 4 is 23.0 Å². The average Bonchev–Trinajstić information content (AvgIpc) is 3.15. The fourth-order valence-electron chi connectivity index (χ4n) is 3.48. The first-order valence-corrected chi connectivity index (χ1v) is 10.2. The number of amides is 1. The van der Waals surface area contributed by atoms with E-state index in [0.717, 1.165) is 15.5 Å². The van der Waals surface area contributed by atoms with Gasteiger partial charge in [0, 0.05) is 0 Å². The first-order valence-electron chi connectivity index (χ1n) is 9.40. The second-order valence-electron chi connectivity index (χ2n) is 7.37. The molecule has 1 atom stereocenters. The first-order chi connectivity index (χ1) is 13.7. The Morgan fingerprint density at radius 1 is 1.34 bits per heavy atom. The smallest absolute Gasteiger partial charge is 0.290 e. The number of benzene rings is 1. The van der Waals surface area contributed by atoms with Gasteiger partial charge in [0.05, 0.1) is 61.5 Å². The fourth-order valence-corrected chi connectivity index (χ4v) is 4.36. The van der Waals surface area contributed by atoms with E-state index in [4.69, 9.17) is 4.74 Å². The lowest BCUT2D eigenvalue weighted by Crippen LogP contribution is -3.06. The number of hydrogen-bond donors (Lipinski definition) is 2. The molecule has 154 valence electrons. The third-order valence-corrected chi connectivity index (χ3v) is 5.99. The van der Waals surface area contributed by atoms with Crippen molar-refractivity contribution in [2.75, 3.05) is 34.3 Å². The van der Waals surface area contributed by atoms with Crippen LogP contribution in [0, 0.1) is 13.8 Å². The van der Waals surface area contributed by atoms with Crippen LogP contribution >= 0.6 is 11.3 Å². The highest BCUT2D eigenvalue weighted by Gasteiger charge is 2.44. The van der Waals surface area contributed by atoms with E-state index < -0.39 is 17.7 Å². The summed E-state index contributed by atoms with van der Waals surface area (Å²) in [4.78, 5) is 33.8. The van der Waals surface area contributed by atoms with E-state index in [1.165, 1.54) is 11.3 Å². The van der Waals surface area contributed by atoms with Crippen molar-refractivity contribution in [3.63, 3.8) is 0 Å². The number of quaternary nitrogens is 1. The van der Waals surface area contributed by atoms with Crippen LogP contribution in [0.25, 0.3) is 0 Å². The number of nitrogens with one attached hydrogen (secondary N) is 1. The van der Waals surface area contributed by atoms with Crippen molar-refractivity contribution in [2.24, 2.45) is 0 Å². The van der Waals surface area contributed by atoms with E-state index in [2.05, 4.69) is 4.98 Å². The summed E-state index contributed by atoms with van der Waals surface area (Å²) in [6, 6.07) is 6.58. The number of Topliss-reactive ketones (excluding diaryl/α,β-unsaturated/α-hetero) is 1. The van der Waals surface area contributed by atoms with Crippen molar-refractivity contribution < 1.29 is 24.3 Å². The minimum Gasteiger partial charge on any atom is -0.503 e. The summed E-state index contributed by atoms with van der Waals surface area (Å²) in [6.07, 6.45) is 0. The second kappa shape index (κ2) is 8.34. The zero-order valence-corrected chi connectivity index (χ0v) is 18.1. The fraction of sp³-hybridized carbons (Fsp3) is 0.381. The van der Waals surface area contributed by atoms with Crippen LogP contribution in [0.15, 0.2) is 35.6 Å². The highest BCUT2D eigenvalue weighted by molar-refractivity contribution is 7.14. The molecule has 1 aliphatic heterocycles. The molecule has 2 heterocycles. The molecule has 29 heavy (non-hydrogen) atoms. The monoisotopic (exact) mass is 416 g/mol. The van der Waals surface area contributed by atoms with Crippen LogP contribution < -0.4 is 9.64 Å². The van der Waals surface area contributed by atoms with Crippen LogP contribution in [0.2, 0.25) is 0 Å². The van der Waals surface area contributed by atoms with Gasteiger partial charge >= 0.3 is 0 Å². The zero-order valence-electron chi connectivity index (χ0n) is 17.3. The Hall–Kier alpha value is -2.71. The van der Waals surface area contributed by atoms with Crippen LogP contribution in [0.3, 0.4) is 0 Å². The third-order valence-electron chi connectivity index (χ3n) is 4.92. The van der Waals surface area contributed by atoms with Crippen LogP contribution in [-0.4, -0.2) is 61.0 Å². The number of ether oxygens (including phenoxy) is 1. The highest BCUT2D eigenvalue weighted by Crippen LogP contribution is 2.40. The Bertz CT molecular complexity index is 980. The molecule has 0 spiro atoms. The molecule has 1 amide bonds. The van der Waals surface area contributed by atoms with Gasteiger partial charge in [-0.2, -0.15) is 0 Å². The largest absolute Gasteiger partial charge is 0.503 e. The maximum atomic E-state index is 13.4. The number of aliphatic hydroxyl groups excluding tert-OH is 1. The predicted octanol–water partition coefficient (Wildman–Crippen LogP) is 1.49. The molecule has 0 bridgehead atoms. The topological polar surface area (TPSA) is 84.2 Å². The number of aromatic nitrogens is 1. The number of carbonyl (C=O) groups excluding carboxylic acids is 2. The van der Waals surface area contributed by atoms with E-state index in [0.29, 0.717) is 29.4 Å². The molecule has 0 unspecified atom stereocenters. The number of aryl methyl sites for hydroxylation is 2. The molecule has 0 radical (unpaired) electrons. The lowest BCUT2D eigenvalue weighted by molar-refractivity contribution is -0.857. The number of ketones is 1. The number of methoxy groups -OCH3 is 1. The van der Waals surface area contributed by atoms with Crippen LogP contribution in [0.5, 0.6) is 5.75 Å². The molecule has 0 saturated carbocycles. The molecule has 0 saturated heterocycles. The number of thiazole rings is 1. The maximum absolute atomic E-state index is 13.4. The Labute approximate surface area is 174 Å². The number of hydrogen-bond acceptors (Lipinski definition) is 6. The van der Waals surface area contributed by atoms with Crippen molar-refractivity contribution in [1.82, 2.24) is 9.88 Å². The van der Waals surface area contributed by atoms with Crippen LogP contribution in [0.4, 0.5) is 0 Å². The van der Waals surface area contributed by atoms with E-state index in [-0.39, 0.29) is 11.4 Å². The first kappa shape index (κ1) is 21.0. The molecule has 0 fully saturated rings. The number of nitrogens with zero attached hydrogens (tertiary/aromatic N) is 2. The van der Waals surface area contributed by atoms with Gasteiger partial charge in [-0.15, -0.1) is 11.3 Å². The average molecular weight is 417 g/mol. The standard InChI is InChI=1S/C21H25N3O4S/c1-12-20(29-13(2)22-12)18(25)16-17(14-7-6-8-15(11-14)28-5)24(10-9-23(3)4)21(27)19(16)26/h6-8,11,17,26H,9-10H2,1-5H3/p+1/t17-/m1/s1. The van der Waals surface area contributed by atoms with Gasteiger partial charge in [-0.25, -0.2) is 4.98 Å². The van der Waals surface area contributed by atoms with E-state index in [9.17, 15) is 14.7 Å². The Balaban J connectivity index is 2.10. The van der Waals surface area contributed by atoms with Crippen LogP contribution in [-0.2, 0) is 4.79 Å². The molecular weight excluding hydrogens is 390 g/mol. The summed E-state index contributed by atoms with van der Waals surface area (Å²) >= 11 is 1.27. The molecule has 2 aromatic rings. The lowest BCUT2D eigenvalue weighted by atomic mass is 9.95. The third kappa shape index (κ3) is 4.04. The molecule has 1 aromatic heterocycles. The molecule has 7 nitrogen and oxygen atoms in total. The minimum absolute atomic E-state index is 0.101. The van der Waals surface area contributed by atoms with Gasteiger partial charge in [-0.05, 0) is 31.5 Å². The number of likely N-dealkylation sites (N-methyl/N-ethyl adjacent to an activating group) is 1. The quantitative estimate of drug-likeness (QED) is 0.668. The van der Waals surface area contributed by atoms with Crippen molar-refractivity contribution in [3.8, 4) is 5.75 Å². The van der Waals surface area contributed by atoms with Crippen molar-refractivity contribution in [2.45, 2.75) is 19.9 Å². The molecule has 3 rings (SSSR count). The van der Waals surface area contributed by atoms with Crippen molar-refractivity contribution in [3.05, 3.63) is 56.7 Å². The Kier molecular flexibility index (Phi) is 6.04. The van der Waals surface area contributed by atoms with Gasteiger partial charge in [0.15, 0.2) is 5.76 Å². The highest BCUT2D eigenvalue weighted by atomic mass is 32.1. The normalized spacial score (nSPS) is 16.8. The maximum Gasteiger partial charge on any atom is 0.290 e. The van der Waals surface area contributed by atoms with E-state index in [1.54, 1.807) is 31.1 Å². The number of carbonyl (C=O) groups is 2. The summed E-state index contributed by atoms with van der Waals surface area (Å²) in [5.74, 6) is -0.744. The van der Waals surface area contributed by atoms with Gasteiger partial charge in [-0.3, -0.25) is 9.59 Å². The Morgan fingerprint density at radius 3 is 2.66 bits per heavy atom.